The minimum absolute atomic E-state index is 0.0765. The Labute approximate surface area is 120 Å². The summed E-state index contributed by atoms with van der Waals surface area (Å²) in [7, 11) is 0. The first kappa shape index (κ1) is 13.1. The van der Waals surface area contributed by atoms with E-state index < -0.39 is 5.97 Å². The van der Waals surface area contributed by atoms with E-state index in [0.29, 0.717) is 16.5 Å². The van der Waals surface area contributed by atoms with Crippen LogP contribution in [0.15, 0.2) is 63.8 Å². The van der Waals surface area contributed by atoms with Crippen molar-refractivity contribution in [3.63, 3.8) is 0 Å². The van der Waals surface area contributed by atoms with Crippen molar-refractivity contribution in [3.8, 4) is 17.1 Å². The summed E-state index contributed by atoms with van der Waals surface area (Å²) in [6.07, 6.45) is 0. The summed E-state index contributed by atoms with van der Waals surface area (Å²) in [4.78, 5) is 23.8. The number of benzene rings is 2. The molecule has 0 aliphatic rings. The second-order valence-electron chi connectivity index (χ2n) is 4.55. The monoisotopic (exact) mass is 280 g/mol. The molecule has 0 aliphatic heterocycles. The zero-order valence-corrected chi connectivity index (χ0v) is 11.3. The molecule has 104 valence electrons. The van der Waals surface area contributed by atoms with E-state index in [1.165, 1.54) is 6.92 Å². The van der Waals surface area contributed by atoms with E-state index in [2.05, 4.69) is 0 Å². The molecule has 2 aromatic carbocycles. The molecule has 0 saturated carbocycles. The lowest BCUT2D eigenvalue weighted by Gasteiger charge is -2.09. The Balaban J connectivity index is 2.36. The van der Waals surface area contributed by atoms with Gasteiger partial charge in [0.05, 0.1) is 5.39 Å². The van der Waals surface area contributed by atoms with Gasteiger partial charge in [0, 0.05) is 12.5 Å². The van der Waals surface area contributed by atoms with Gasteiger partial charge in [-0.3, -0.25) is 9.59 Å². The fourth-order valence-corrected chi connectivity index (χ4v) is 2.14. The molecule has 0 bridgehead atoms. The van der Waals surface area contributed by atoms with Gasteiger partial charge in [-0.25, -0.2) is 0 Å². The Morgan fingerprint density at radius 2 is 1.67 bits per heavy atom. The molecule has 21 heavy (non-hydrogen) atoms. The quantitative estimate of drug-likeness (QED) is 0.675. The number of rotatable bonds is 2. The van der Waals surface area contributed by atoms with E-state index in [1.807, 2.05) is 18.2 Å². The van der Waals surface area contributed by atoms with Crippen LogP contribution in [0.3, 0.4) is 0 Å². The maximum Gasteiger partial charge on any atom is 0.308 e. The number of carbonyl (C=O) groups excluding carboxylic acids is 1. The van der Waals surface area contributed by atoms with Crippen molar-refractivity contribution in [1.82, 2.24) is 0 Å². The lowest BCUT2D eigenvalue weighted by Crippen LogP contribution is -2.13. The number of hydrogen-bond donors (Lipinski definition) is 0. The normalized spacial score (nSPS) is 10.5. The van der Waals surface area contributed by atoms with Crippen LogP contribution in [0.25, 0.3) is 22.3 Å². The largest absolute Gasteiger partial charge is 0.452 e. The Bertz CT molecular complexity index is 863. The van der Waals surface area contributed by atoms with E-state index >= 15 is 0 Å². The minimum atomic E-state index is -0.560. The predicted octanol–water partition coefficient (Wildman–Crippen LogP) is 3.39. The molecule has 0 N–H and O–H groups in total. The van der Waals surface area contributed by atoms with Crippen molar-refractivity contribution in [2.45, 2.75) is 6.92 Å². The third-order valence-corrected chi connectivity index (χ3v) is 3.04. The van der Waals surface area contributed by atoms with Crippen LogP contribution in [0, 0.1) is 0 Å². The molecule has 0 amide bonds. The highest BCUT2D eigenvalue weighted by atomic mass is 16.5. The molecule has 1 heterocycles. The van der Waals surface area contributed by atoms with Crippen molar-refractivity contribution < 1.29 is 13.9 Å². The van der Waals surface area contributed by atoms with Crippen LogP contribution in [0.4, 0.5) is 0 Å². The Hall–Kier alpha value is -2.88. The lowest BCUT2D eigenvalue weighted by atomic mass is 10.1. The number of fused-ring (bicyclic) bond motifs is 1. The lowest BCUT2D eigenvalue weighted by molar-refractivity contribution is -0.131. The van der Waals surface area contributed by atoms with Crippen molar-refractivity contribution in [1.29, 1.82) is 0 Å². The van der Waals surface area contributed by atoms with Crippen molar-refractivity contribution in [2.75, 3.05) is 0 Å². The smallest absolute Gasteiger partial charge is 0.308 e. The number of carbonyl (C=O) groups is 1. The highest BCUT2D eigenvalue weighted by molar-refractivity contribution is 5.83. The van der Waals surface area contributed by atoms with E-state index in [1.54, 1.807) is 36.4 Å². The Morgan fingerprint density at radius 1 is 1.00 bits per heavy atom. The molecule has 0 unspecified atom stereocenters. The molecule has 0 radical (unpaired) electrons. The molecule has 3 rings (SSSR count). The molecule has 0 fully saturated rings. The average Bonchev–Trinajstić information content (AvgIpc) is 2.50. The number of ether oxygens (including phenoxy) is 1. The Morgan fingerprint density at radius 3 is 2.38 bits per heavy atom. The van der Waals surface area contributed by atoms with E-state index in [9.17, 15) is 9.59 Å². The summed E-state index contributed by atoms with van der Waals surface area (Å²) in [6.45, 7) is 1.25. The molecule has 1 aromatic heterocycles. The van der Waals surface area contributed by atoms with Crippen LogP contribution in [0.1, 0.15) is 6.92 Å². The van der Waals surface area contributed by atoms with Crippen molar-refractivity contribution >= 4 is 16.9 Å². The molecule has 4 heteroatoms. The molecular formula is C17H12O4. The third kappa shape index (κ3) is 2.43. The second-order valence-corrected chi connectivity index (χ2v) is 4.55. The molecule has 0 aliphatic carbocycles. The van der Waals surface area contributed by atoms with Gasteiger partial charge in [0.15, 0.2) is 5.76 Å². The first-order chi connectivity index (χ1) is 10.2. The summed E-state index contributed by atoms with van der Waals surface area (Å²) in [5, 5.41) is 0.383. The van der Waals surface area contributed by atoms with Gasteiger partial charge in [0.2, 0.25) is 11.2 Å². The number of hydrogen-bond acceptors (Lipinski definition) is 4. The highest BCUT2D eigenvalue weighted by Crippen LogP contribution is 2.30. The van der Waals surface area contributed by atoms with E-state index in [4.69, 9.17) is 9.15 Å². The van der Waals surface area contributed by atoms with Crippen LogP contribution in [-0.4, -0.2) is 5.97 Å². The maximum atomic E-state index is 12.5. The van der Waals surface area contributed by atoms with Crippen molar-refractivity contribution in [3.05, 3.63) is 64.8 Å². The Kier molecular flexibility index (Phi) is 3.28. The second kappa shape index (κ2) is 5.25. The van der Waals surface area contributed by atoms with E-state index in [-0.39, 0.29) is 16.9 Å². The van der Waals surface area contributed by atoms with Gasteiger partial charge < -0.3 is 9.15 Å². The molecule has 0 atom stereocenters. The molecule has 0 spiro atoms. The standard InChI is InChI=1S/C17H12O4/c1-11(18)20-17-15(19)13-9-5-6-10-14(13)21-16(17)12-7-3-2-4-8-12/h2-10H,1H3. The van der Waals surface area contributed by atoms with Gasteiger partial charge in [-0.15, -0.1) is 0 Å². The molecule has 4 nitrogen and oxygen atoms in total. The summed E-state index contributed by atoms with van der Waals surface area (Å²) < 4.78 is 10.9. The van der Waals surface area contributed by atoms with Gasteiger partial charge in [-0.1, -0.05) is 42.5 Å². The number of esters is 1. The fourth-order valence-electron chi connectivity index (χ4n) is 2.14. The van der Waals surface area contributed by atoms with Crippen LogP contribution < -0.4 is 10.2 Å². The highest BCUT2D eigenvalue weighted by Gasteiger charge is 2.18. The van der Waals surface area contributed by atoms with Gasteiger partial charge in [0.25, 0.3) is 0 Å². The predicted molar refractivity (Wildman–Crippen MR) is 79.2 cm³/mol. The minimum Gasteiger partial charge on any atom is -0.452 e. The van der Waals surface area contributed by atoms with Gasteiger partial charge >= 0.3 is 5.97 Å². The van der Waals surface area contributed by atoms with Crippen molar-refractivity contribution in [2.24, 2.45) is 0 Å². The molecule has 3 aromatic rings. The van der Waals surface area contributed by atoms with E-state index in [0.717, 1.165) is 0 Å². The summed E-state index contributed by atoms with van der Waals surface area (Å²) in [5.74, 6) is -0.378. The van der Waals surface area contributed by atoms with Crippen LogP contribution >= 0.6 is 0 Å². The topological polar surface area (TPSA) is 56.5 Å². The average molecular weight is 280 g/mol. The van der Waals surface area contributed by atoms with Crippen LogP contribution in [0.5, 0.6) is 5.75 Å². The molecular weight excluding hydrogens is 268 g/mol. The number of para-hydroxylation sites is 1. The van der Waals surface area contributed by atoms with Gasteiger partial charge in [-0.2, -0.15) is 0 Å². The third-order valence-electron chi connectivity index (χ3n) is 3.04. The fraction of sp³-hybridized carbons (Fsp3) is 0.0588. The zero-order chi connectivity index (χ0) is 14.8. The van der Waals surface area contributed by atoms with Crippen LogP contribution in [0.2, 0.25) is 0 Å². The van der Waals surface area contributed by atoms with Crippen LogP contribution in [-0.2, 0) is 4.79 Å². The molecule has 0 saturated heterocycles. The zero-order valence-electron chi connectivity index (χ0n) is 11.3. The SMILES string of the molecule is CC(=O)Oc1c(-c2ccccc2)oc2ccccc2c1=O. The summed E-state index contributed by atoms with van der Waals surface area (Å²) in [6, 6.07) is 16.0. The summed E-state index contributed by atoms with van der Waals surface area (Å²) >= 11 is 0. The van der Waals surface area contributed by atoms with Gasteiger partial charge in [0.1, 0.15) is 5.58 Å². The summed E-state index contributed by atoms with van der Waals surface area (Å²) in [5.41, 5.74) is 0.778. The first-order valence-electron chi connectivity index (χ1n) is 6.46. The van der Waals surface area contributed by atoms with Gasteiger partial charge in [-0.05, 0) is 12.1 Å². The first-order valence-corrected chi connectivity index (χ1v) is 6.46. The maximum absolute atomic E-state index is 12.5.